The summed E-state index contributed by atoms with van der Waals surface area (Å²) in [5.41, 5.74) is 1.38. The van der Waals surface area contributed by atoms with E-state index in [0.29, 0.717) is 0 Å². The van der Waals surface area contributed by atoms with Crippen LogP contribution in [0.4, 0.5) is 0 Å². The van der Waals surface area contributed by atoms with Crippen LogP contribution in [0.3, 0.4) is 0 Å². The number of hydrogen-bond acceptors (Lipinski definition) is 2. The molecule has 0 fully saturated rings. The average Bonchev–Trinajstić information content (AvgIpc) is 2.40. The number of rotatable bonds is 10. The second-order valence-electron chi connectivity index (χ2n) is 4.70. The maximum Gasteiger partial charge on any atom is 0.120 e. The molecular formula is C16H26BrNO. The van der Waals surface area contributed by atoms with E-state index < -0.39 is 0 Å². The van der Waals surface area contributed by atoms with Gasteiger partial charge >= 0.3 is 0 Å². The molecule has 0 bridgehead atoms. The Hall–Kier alpha value is -0.540. The minimum atomic E-state index is 0.720. The third-order valence-corrected chi connectivity index (χ3v) is 3.87. The van der Waals surface area contributed by atoms with Gasteiger partial charge in [0.2, 0.25) is 0 Å². The third-order valence-electron chi connectivity index (χ3n) is 3.14. The van der Waals surface area contributed by atoms with Gasteiger partial charge in [0, 0.05) is 4.47 Å². The zero-order chi connectivity index (χ0) is 13.9. The lowest BCUT2D eigenvalue weighted by molar-refractivity contribution is 0.340. The smallest absolute Gasteiger partial charge is 0.120 e. The van der Waals surface area contributed by atoms with Gasteiger partial charge in [-0.2, -0.15) is 0 Å². The van der Waals surface area contributed by atoms with Crippen molar-refractivity contribution in [3.8, 4) is 5.75 Å². The fourth-order valence-corrected chi connectivity index (χ4v) is 2.64. The lowest BCUT2D eigenvalue weighted by atomic mass is 10.1. The van der Waals surface area contributed by atoms with Crippen LogP contribution in [-0.2, 0) is 6.42 Å². The van der Waals surface area contributed by atoms with Gasteiger partial charge in [-0.05, 0) is 57.0 Å². The van der Waals surface area contributed by atoms with Gasteiger partial charge in [-0.15, -0.1) is 0 Å². The quantitative estimate of drug-likeness (QED) is 0.636. The van der Waals surface area contributed by atoms with E-state index in [0.717, 1.165) is 31.9 Å². The molecule has 0 spiro atoms. The highest BCUT2D eigenvalue weighted by Gasteiger charge is 2.02. The van der Waals surface area contributed by atoms with Gasteiger partial charge in [-0.25, -0.2) is 0 Å². The summed E-state index contributed by atoms with van der Waals surface area (Å²) in [5.74, 6) is 0.948. The van der Waals surface area contributed by atoms with Crippen LogP contribution in [0.2, 0.25) is 0 Å². The molecule has 0 radical (unpaired) electrons. The fourth-order valence-electron chi connectivity index (χ4n) is 2.08. The molecular weight excluding hydrogens is 302 g/mol. The molecule has 19 heavy (non-hydrogen) atoms. The van der Waals surface area contributed by atoms with Gasteiger partial charge in [-0.3, -0.25) is 0 Å². The lowest BCUT2D eigenvalue weighted by Crippen LogP contribution is -2.13. The van der Waals surface area contributed by atoms with Gasteiger partial charge < -0.3 is 10.1 Å². The molecule has 0 atom stereocenters. The minimum absolute atomic E-state index is 0.720. The first-order chi connectivity index (χ1) is 9.27. The van der Waals surface area contributed by atoms with Crippen molar-refractivity contribution in [3.63, 3.8) is 0 Å². The first-order valence-electron chi connectivity index (χ1n) is 7.39. The molecule has 0 amide bonds. The monoisotopic (exact) mass is 327 g/mol. The van der Waals surface area contributed by atoms with Crippen LogP contribution in [-0.4, -0.2) is 19.7 Å². The molecule has 1 aromatic rings. The van der Waals surface area contributed by atoms with E-state index in [4.69, 9.17) is 4.74 Å². The normalized spacial score (nSPS) is 10.7. The van der Waals surface area contributed by atoms with E-state index in [-0.39, 0.29) is 0 Å². The highest BCUT2D eigenvalue weighted by Crippen LogP contribution is 2.24. The first kappa shape index (κ1) is 16.5. The second kappa shape index (κ2) is 10.3. The second-order valence-corrected chi connectivity index (χ2v) is 5.56. The molecule has 3 heteroatoms. The van der Waals surface area contributed by atoms with Crippen molar-refractivity contribution in [1.29, 1.82) is 0 Å². The first-order valence-corrected chi connectivity index (χ1v) is 8.19. The van der Waals surface area contributed by atoms with Crippen molar-refractivity contribution in [2.75, 3.05) is 19.7 Å². The predicted molar refractivity (Wildman–Crippen MR) is 86.0 cm³/mol. The van der Waals surface area contributed by atoms with Crippen LogP contribution in [0, 0.1) is 0 Å². The number of halogens is 1. The molecule has 108 valence electrons. The Kier molecular flexibility index (Phi) is 8.93. The zero-order valence-electron chi connectivity index (χ0n) is 12.2. The fraction of sp³-hybridized carbons (Fsp3) is 0.625. The van der Waals surface area contributed by atoms with Crippen LogP contribution in [0.15, 0.2) is 22.7 Å². The van der Waals surface area contributed by atoms with E-state index in [1.54, 1.807) is 0 Å². The maximum atomic E-state index is 5.49. The summed E-state index contributed by atoms with van der Waals surface area (Å²) >= 11 is 3.63. The molecule has 0 saturated heterocycles. The topological polar surface area (TPSA) is 21.3 Å². The molecule has 0 aromatic heterocycles. The van der Waals surface area contributed by atoms with Crippen molar-refractivity contribution >= 4 is 15.9 Å². The van der Waals surface area contributed by atoms with Crippen molar-refractivity contribution < 1.29 is 4.74 Å². The SMILES string of the molecule is CCNCCCCCCc1ccc(OCC)cc1Br. The molecule has 1 aromatic carbocycles. The number of nitrogens with one attached hydrogen (secondary N) is 1. The standard InChI is InChI=1S/C16H26BrNO/c1-3-18-12-8-6-5-7-9-14-10-11-15(19-4-2)13-16(14)17/h10-11,13,18H,3-9,12H2,1-2H3. The number of ether oxygens (including phenoxy) is 1. The van der Waals surface area contributed by atoms with Crippen molar-refractivity contribution in [1.82, 2.24) is 5.32 Å². The summed E-state index contributed by atoms with van der Waals surface area (Å²) in [6.07, 6.45) is 6.33. The molecule has 0 unspecified atom stereocenters. The maximum absolute atomic E-state index is 5.49. The van der Waals surface area contributed by atoms with Gasteiger partial charge in [0.1, 0.15) is 5.75 Å². The predicted octanol–water partition coefficient (Wildman–Crippen LogP) is 4.56. The Morgan fingerprint density at radius 3 is 2.58 bits per heavy atom. The van der Waals surface area contributed by atoms with Crippen molar-refractivity contribution in [2.45, 2.75) is 46.0 Å². The third kappa shape index (κ3) is 6.98. The van der Waals surface area contributed by atoms with Crippen molar-refractivity contribution in [2.24, 2.45) is 0 Å². The molecule has 0 aliphatic carbocycles. The molecule has 1 rings (SSSR count). The number of hydrogen-bond donors (Lipinski definition) is 1. The van der Waals surface area contributed by atoms with Crippen LogP contribution in [0.25, 0.3) is 0 Å². The van der Waals surface area contributed by atoms with E-state index in [2.05, 4.69) is 46.4 Å². The minimum Gasteiger partial charge on any atom is -0.494 e. The molecule has 0 aliphatic rings. The summed E-state index contributed by atoms with van der Waals surface area (Å²) in [4.78, 5) is 0. The van der Waals surface area contributed by atoms with Gasteiger partial charge in [0.25, 0.3) is 0 Å². The summed E-state index contributed by atoms with van der Waals surface area (Å²) in [5, 5.41) is 3.36. The van der Waals surface area contributed by atoms with Crippen LogP contribution in [0.5, 0.6) is 5.75 Å². The van der Waals surface area contributed by atoms with Crippen LogP contribution >= 0.6 is 15.9 Å². The average molecular weight is 328 g/mol. The largest absolute Gasteiger partial charge is 0.494 e. The number of unbranched alkanes of at least 4 members (excludes halogenated alkanes) is 3. The van der Waals surface area contributed by atoms with E-state index in [9.17, 15) is 0 Å². The summed E-state index contributed by atoms with van der Waals surface area (Å²) in [6, 6.07) is 6.31. The Morgan fingerprint density at radius 2 is 1.89 bits per heavy atom. The van der Waals surface area contributed by atoms with E-state index in [1.165, 1.54) is 35.7 Å². The summed E-state index contributed by atoms with van der Waals surface area (Å²) in [6.45, 7) is 7.12. The van der Waals surface area contributed by atoms with Crippen LogP contribution in [0.1, 0.15) is 45.1 Å². The molecule has 2 nitrogen and oxygen atoms in total. The zero-order valence-corrected chi connectivity index (χ0v) is 13.8. The summed E-state index contributed by atoms with van der Waals surface area (Å²) in [7, 11) is 0. The molecule has 1 N–H and O–H groups in total. The Morgan fingerprint density at radius 1 is 1.11 bits per heavy atom. The lowest BCUT2D eigenvalue weighted by Gasteiger charge is -2.08. The number of benzene rings is 1. The Labute approximate surface area is 126 Å². The Bertz CT molecular complexity index is 355. The molecule has 0 saturated carbocycles. The van der Waals surface area contributed by atoms with Gasteiger partial charge in [0.15, 0.2) is 0 Å². The van der Waals surface area contributed by atoms with Gasteiger partial charge in [-0.1, -0.05) is 41.8 Å². The van der Waals surface area contributed by atoms with Gasteiger partial charge in [0.05, 0.1) is 6.61 Å². The van der Waals surface area contributed by atoms with Crippen molar-refractivity contribution in [3.05, 3.63) is 28.2 Å². The van der Waals surface area contributed by atoms with E-state index >= 15 is 0 Å². The highest BCUT2D eigenvalue weighted by atomic mass is 79.9. The number of aryl methyl sites for hydroxylation is 1. The van der Waals surface area contributed by atoms with E-state index in [1.807, 2.05) is 6.92 Å². The summed E-state index contributed by atoms with van der Waals surface area (Å²) < 4.78 is 6.66. The Balaban J connectivity index is 2.22. The molecule has 0 heterocycles. The molecule has 0 aliphatic heterocycles. The highest BCUT2D eigenvalue weighted by molar-refractivity contribution is 9.10. The van der Waals surface area contributed by atoms with Crippen LogP contribution < -0.4 is 10.1 Å².